The zero-order valence-electron chi connectivity index (χ0n) is 19.9. The van der Waals surface area contributed by atoms with E-state index in [4.69, 9.17) is 25.8 Å². The lowest BCUT2D eigenvalue weighted by atomic mass is 10.1. The molecule has 0 saturated carbocycles. The summed E-state index contributed by atoms with van der Waals surface area (Å²) >= 11 is 6.52. The fourth-order valence-corrected chi connectivity index (χ4v) is 6.03. The molecule has 0 atom stereocenters. The van der Waals surface area contributed by atoms with Crippen LogP contribution in [0.25, 0.3) is 0 Å². The minimum atomic E-state index is -3.80. The van der Waals surface area contributed by atoms with Gasteiger partial charge in [0, 0.05) is 50.5 Å². The number of hydrogen-bond donors (Lipinski definition) is 2. The maximum absolute atomic E-state index is 13.2. The van der Waals surface area contributed by atoms with Crippen molar-refractivity contribution in [3.63, 3.8) is 0 Å². The van der Waals surface area contributed by atoms with Gasteiger partial charge in [-0.2, -0.15) is 0 Å². The number of sulfone groups is 1. The van der Waals surface area contributed by atoms with Crippen molar-refractivity contribution in [3.8, 4) is 11.5 Å². The summed E-state index contributed by atoms with van der Waals surface area (Å²) in [4.78, 5) is 14.3. The summed E-state index contributed by atoms with van der Waals surface area (Å²) in [5, 5.41) is 7.01. The average Bonchev–Trinajstić information content (AvgIpc) is 2.95. The highest BCUT2D eigenvalue weighted by atomic mass is 35.5. The van der Waals surface area contributed by atoms with Crippen molar-refractivity contribution in [3.05, 3.63) is 46.0 Å². The standard InChI is InChI=1S/C24H30ClN3O6S/c1-16-11-17(24(29)32-2)13-21-22(16)34-23-18(15-35(21,30)31)12-19(14-20(23)25)27-4-3-26-5-6-28-7-9-33-10-8-28/h11-14,26-27H,3-10,15H2,1-2H3. The van der Waals surface area contributed by atoms with Crippen molar-refractivity contribution in [1.82, 2.24) is 10.2 Å². The number of anilines is 1. The van der Waals surface area contributed by atoms with Gasteiger partial charge in [0.05, 0.1) is 36.7 Å². The Kier molecular flexibility index (Phi) is 8.18. The first-order valence-corrected chi connectivity index (χ1v) is 13.5. The van der Waals surface area contributed by atoms with Crippen LogP contribution >= 0.6 is 11.6 Å². The van der Waals surface area contributed by atoms with E-state index in [2.05, 4.69) is 15.5 Å². The van der Waals surface area contributed by atoms with Gasteiger partial charge >= 0.3 is 5.97 Å². The number of methoxy groups -OCH3 is 1. The molecule has 2 heterocycles. The SMILES string of the molecule is COC(=O)c1cc(C)c2c(c1)S(=O)(=O)Cc1cc(NCCNCCN3CCOCC3)cc(Cl)c1O2. The van der Waals surface area contributed by atoms with E-state index < -0.39 is 15.8 Å². The quantitative estimate of drug-likeness (QED) is 0.399. The Bertz CT molecular complexity index is 1200. The van der Waals surface area contributed by atoms with Gasteiger partial charge in [0.1, 0.15) is 16.4 Å². The molecular weight excluding hydrogens is 494 g/mol. The van der Waals surface area contributed by atoms with Gasteiger partial charge in [-0.25, -0.2) is 13.2 Å². The predicted molar refractivity (Wildman–Crippen MR) is 134 cm³/mol. The summed E-state index contributed by atoms with van der Waals surface area (Å²) in [5.41, 5.74) is 1.81. The van der Waals surface area contributed by atoms with Crippen molar-refractivity contribution in [2.24, 2.45) is 0 Å². The number of benzene rings is 2. The molecule has 1 fully saturated rings. The van der Waals surface area contributed by atoms with Crippen LogP contribution in [-0.2, 0) is 25.1 Å². The van der Waals surface area contributed by atoms with Gasteiger partial charge in [0.2, 0.25) is 0 Å². The van der Waals surface area contributed by atoms with E-state index in [1.54, 1.807) is 25.1 Å². The highest BCUT2D eigenvalue weighted by molar-refractivity contribution is 7.90. The van der Waals surface area contributed by atoms with Crippen LogP contribution in [-0.4, -0.2) is 78.9 Å². The Hall–Kier alpha value is -2.37. The summed E-state index contributed by atoms with van der Waals surface area (Å²) in [6, 6.07) is 6.31. The van der Waals surface area contributed by atoms with Crippen molar-refractivity contribution in [2.45, 2.75) is 17.6 Å². The van der Waals surface area contributed by atoms with Crippen LogP contribution in [0.2, 0.25) is 5.02 Å². The molecule has 35 heavy (non-hydrogen) atoms. The van der Waals surface area contributed by atoms with Gasteiger partial charge in [0.25, 0.3) is 0 Å². The summed E-state index contributed by atoms with van der Waals surface area (Å²) in [5.74, 6) is -0.441. The third kappa shape index (κ3) is 6.07. The molecule has 4 rings (SSSR count). The van der Waals surface area contributed by atoms with Crippen molar-refractivity contribution >= 4 is 33.1 Å². The maximum atomic E-state index is 13.2. The van der Waals surface area contributed by atoms with Gasteiger partial charge in [0.15, 0.2) is 9.84 Å². The first-order chi connectivity index (χ1) is 16.8. The van der Waals surface area contributed by atoms with E-state index in [0.29, 0.717) is 34.1 Å². The molecule has 0 aromatic heterocycles. The predicted octanol–water partition coefficient (Wildman–Crippen LogP) is 2.85. The summed E-state index contributed by atoms with van der Waals surface area (Å²) in [6.45, 7) is 8.43. The van der Waals surface area contributed by atoms with Crippen LogP contribution < -0.4 is 15.4 Å². The zero-order chi connectivity index (χ0) is 25.0. The number of ether oxygens (including phenoxy) is 3. The van der Waals surface area contributed by atoms with Gasteiger partial charge in [-0.05, 0) is 36.8 Å². The third-order valence-electron chi connectivity index (χ3n) is 6.01. The van der Waals surface area contributed by atoms with Crippen molar-refractivity contribution < 1.29 is 27.4 Å². The molecule has 0 spiro atoms. The first-order valence-electron chi connectivity index (χ1n) is 11.5. The van der Waals surface area contributed by atoms with Crippen molar-refractivity contribution in [2.75, 3.05) is 64.9 Å². The second-order valence-corrected chi connectivity index (χ2v) is 10.9. The van der Waals surface area contributed by atoms with Gasteiger partial charge in [-0.3, -0.25) is 4.90 Å². The largest absolute Gasteiger partial charge is 0.465 e. The number of hydrogen-bond acceptors (Lipinski definition) is 9. The maximum Gasteiger partial charge on any atom is 0.337 e. The number of nitrogens with zero attached hydrogens (tertiary/aromatic N) is 1. The van der Waals surface area contributed by atoms with E-state index >= 15 is 0 Å². The minimum absolute atomic E-state index is 0.0517. The Morgan fingerprint density at radius 3 is 2.63 bits per heavy atom. The second kappa shape index (κ2) is 11.1. The number of esters is 1. The topological polar surface area (TPSA) is 106 Å². The molecule has 1 saturated heterocycles. The zero-order valence-corrected chi connectivity index (χ0v) is 21.4. The molecule has 0 amide bonds. The molecule has 2 aromatic rings. The van der Waals surface area contributed by atoms with Crippen LogP contribution in [0.15, 0.2) is 29.2 Å². The molecule has 0 radical (unpaired) electrons. The summed E-state index contributed by atoms with van der Waals surface area (Å²) < 4.78 is 42.6. The molecule has 0 unspecified atom stereocenters. The molecule has 9 nitrogen and oxygen atoms in total. The number of fused-ring (bicyclic) bond motifs is 2. The molecule has 2 N–H and O–H groups in total. The van der Waals surface area contributed by atoms with Crippen LogP contribution in [0.5, 0.6) is 11.5 Å². The number of nitrogens with one attached hydrogen (secondary N) is 2. The van der Waals surface area contributed by atoms with Crippen LogP contribution in [0.3, 0.4) is 0 Å². The van der Waals surface area contributed by atoms with Crippen LogP contribution in [0.4, 0.5) is 5.69 Å². The highest BCUT2D eigenvalue weighted by Gasteiger charge is 2.31. The van der Waals surface area contributed by atoms with E-state index in [1.165, 1.54) is 13.2 Å². The highest BCUT2D eigenvalue weighted by Crippen LogP contribution is 2.44. The lowest BCUT2D eigenvalue weighted by molar-refractivity contribution is 0.0385. The van der Waals surface area contributed by atoms with Gasteiger partial charge < -0.3 is 24.8 Å². The number of aryl methyl sites for hydroxylation is 1. The molecule has 2 aromatic carbocycles. The van der Waals surface area contributed by atoms with E-state index in [1.807, 2.05) is 0 Å². The molecule has 190 valence electrons. The smallest absolute Gasteiger partial charge is 0.337 e. The minimum Gasteiger partial charge on any atom is -0.465 e. The third-order valence-corrected chi connectivity index (χ3v) is 7.95. The average molecular weight is 524 g/mol. The molecule has 2 aliphatic rings. The second-order valence-electron chi connectivity index (χ2n) is 8.55. The molecule has 0 aliphatic carbocycles. The Morgan fingerprint density at radius 1 is 1.11 bits per heavy atom. The first kappa shape index (κ1) is 25.7. The lowest BCUT2D eigenvalue weighted by Crippen LogP contribution is -2.40. The fourth-order valence-electron chi connectivity index (χ4n) is 4.18. The van der Waals surface area contributed by atoms with E-state index in [9.17, 15) is 13.2 Å². The molecule has 0 bridgehead atoms. The number of carbonyl (C=O) groups excluding carboxylic acids is 1. The normalized spacial score (nSPS) is 17.0. The number of morpholine rings is 1. The fraction of sp³-hybridized carbons (Fsp3) is 0.458. The number of carbonyl (C=O) groups is 1. The van der Waals surface area contributed by atoms with Gasteiger partial charge in [-0.15, -0.1) is 0 Å². The number of rotatable bonds is 8. The number of halogens is 1. The van der Waals surface area contributed by atoms with Crippen molar-refractivity contribution in [1.29, 1.82) is 0 Å². The van der Waals surface area contributed by atoms with E-state index in [-0.39, 0.29) is 22.0 Å². The molecular formula is C24H30ClN3O6S. The summed E-state index contributed by atoms with van der Waals surface area (Å²) in [6.07, 6.45) is 0. The van der Waals surface area contributed by atoms with Crippen LogP contribution in [0, 0.1) is 6.92 Å². The van der Waals surface area contributed by atoms with E-state index in [0.717, 1.165) is 45.9 Å². The van der Waals surface area contributed by atoms with Gasteiger partial charge in [-0.1, -0.05) is 11.6 Å². The Labute approximate surface area is 210 Å². The Balaban J connectivity index is 1.44. The van der Waals surface area contributed by atoms with Crippen LogP contribution in [0.1, 0.15) is 21.5 Å². The Morgan fingerprint density at radius 2 is 1.89 bits per heavy atom. The summed E-state index contributed by atoms with van der Waals surface area (Å²) in [7, 11) is -2.55. The molecule has 11 heteroatoms. The monoisotopic (exact) mass is 523 g/mol. The molecule has 2 aliphatic heterocycles. The lowest BCUT2D eigenvalue weighted by Gasteiger charge is -2.26.